The van der Waals surface area contributed by atoms with Crippen molar-refractivity contribution in [1.29, 1.82) is 5.26 Å². The van der Waals surface area contributed by atoms with Gasteiger partial charge >= 0.3 is 0 Å². The Balaban J connectivity index is 3.05. The predicted octanol–water partition coefficient (Wildman–Crippen LogP) is 0.729. The fourth-order valence-corrected chi connectivity index (χ4v) is 1.01. The molecule has 2 N–H and O–H groups in total. The van der Waals surface area contributed by atoms with Crippen LogP contribution in [0.3, 0.4) is 0 Å². The topological polar surface area (TPSA) is 66.9 Å². The minimum Gasteiger partial charge on any atom is -0.359 e. The van der Waals surface area contributed by atoms with E-state index < -0.39 is 11.7 Å². The number of nitrogens with zero attached hydrogens (tertiary/aromatic N) is 1. The number of hydrogen-bond donors (Lipinski definition) is 1. The van der Waals surface area contributed by atoms with E-state index in [9.17, 15) is 9.18 Å². The van der Waals surface area contributed by atoms with Gasteiger partial charge in [-0.1, -0.05) is 5.92 Å². The van der Waals surface area contributed by atoms with Crippen LogP contribution in [0.15, 0.2) is 18.2 Å². The number of carbonyl (C=O) groups excluding carboxylic acids is 1. The molecule has 0 aromatic heterocycles. The molecule has 0 heterocycles. The van der Waals surface area contributed by atoms with Crippen molar-refractivity contribution in [2.75, 3.05) is 0 Å². The van der Waals surface area contributed by atoms with Crippen LogP contribution in [0.1, 0.15) is 11.1 Å². The average molecular weight is 202 g/mol. The molecule has 74 valence electrons. The second-order valence-electron chi connectivity index (χ2n) is 2.76. The van der Waals surface area contributed by atoms with E-state index in [1.54, 1.807) is 0 Å². The zero-order valence-corrected chi connectivity index (χ0v) is 7.75. The zero-order chi connectivity index (χ0) is 11.3. The van der Waals surface area contributed by atoms with Gasteiger partial charge in [-0.05, 0) is 24.1 Å². The van der Waals surface area contributed by atoms with Crippen LogP contribution in [0, 0.1) is 29.0 Å². The lowest BCUT2D eigenvalue weighted by molar-refractivity contribution is -0.112. The van der Waals surface area contributed by atoms with Crippen LogP contribution in [0.2, 0.25) is 0 Å². The molecule has 1 amide bonds. The normalized spacial score (nSPS) is 8.53. The molecule has 0 spiro atoms. The number of nitriles is 1. The van der Waals surface area contributed by atoms with E-state index >= 15 is 0 Å². The van der Waals surface area contributed by atoms with E-state index in [2.05, 4.69) is 11.8 Å². The number of amides is 1. The van der Waals surface area contributed by atoms with E-state index in [1.165, 1.54) is 18.2 Å². The average Bonchev–Trinajstić information content (AvgIpc) is 2.19. The molecule has 0 bridgehead atoms. The minimum absolute atomic E-state index is 0.0298. The van der Waals surface area contributed by atoms with Gasteiger partial charge in [0.25, 0.3) is 5.91 Å². The maximum atomic E-state index is 13.1. The lowest BCUT2D eigenvalue weighted by Gasteiger charge is -1.97. The van der Waals surface area contributed by atoms with Crippen LogP contribution in [0.4, 0.5) is 4.39 Å². The first-order valence-corrected chi connectivity index (χ1v) is 4.10. The van der Waals surface area contributed by atoms with Crippen LogP contribution in [-0.4, -0.2) is 5.91 Å². The second-order valence-corrected chi connectivity index (χ2v) is 2.76. The molecule has 0 aliphatic heterocycles. The molecule has 0 aliphatic carbocycles. The lowest BCUT2D eigenvalue weighted by Crippen LogP contribution is -2.06. The van der Waals surface area contributed by atoms with Crippen molar-refractivity contribution in [3.05, 3.63) is 35.1 Å². The monoisotopic (exact) mass is 202 g/mol. The molecule has 0 saturated carbocycles. The van der Waals surface area contributed by atoms with Gasteiger partial charge in [-0.15, -0.1) is 0 Å². The molecule has 0 unspecified atom stereocenters. The Kier molecular flexibility index (Phi) is 3.43. The first kappa shape index (κ1) is 10.7. The molecule has 0 saturated heterocycles. The van der Waals surface area contributed by atoms with E-state index in [4.69, 9.17) is 11.0 Å². The van der Waals surface area contributed by atoms with Gasteiger partial charge < -0.3 is 5.73 Å². The highest BCUT2D eigenvalue weighted by molar-refractivity contribution is 5.92. The summed E-state index contributed by atoms with van der Waals surface area (Å²) in [5, 5.41) is 8.43. The molecular weight excluding hydrogens is 195 g/mol. The number of hydrogen-bond acceptors (Lipinski definition) is 2. The van der Waals surface area contributed by atoms with Crippen molar-refractivity contribution in [3.63, 3.8) is 0 Å². The van der Waals surface area contributed by atoms with Gasteiger partial charge in [-0.2, -0.15) is 5.26 Å². The fraction of sp³-hybridized carbons (Fsp3) is 0.0909. The summed E-state index contributed by atoms with van der Waals surface area (Å²) in [6, 6.07) is 5.89. The summed E-state index contributed by atoms with van der Waals surface area (Å²) in [6.07, 6.45) is -0.0298. The molecule has 0 aliphatic rings. The number of carbonyl (C=O) groups is 1. The maximum Gasteiger partial charge on any atom is 0.293 e. The summed E-state index contributed by atoms with van der Waals surface area (Å²) in [6.45, 7) is 0. The third kappa shape index (κ3) is 3.13. The summed E-state index contributed by atoms with van der Waals surface area (Å²) in [5.41, 5.74) is 5.54. The fourth-order valence-electron chi connectivity index (χ4n) is 1.01. The van der Waals surface area contributed by atoms with E-state index in [0.29, 0.717) is 5.56 Å². The van der Waals surface area contributed by atoms with Crippen LogP contribution < -0.4 is 5.73 Å². The van der Waals surface area contributed by atoms with Crippen molar-refractivity contribution in [1.82, 2.24) is 0 Å². The number of nitrogens with two attached hydrogens (primary N) is 1. The number of halogens is 1. The number of rotatable bonds is 1. The van der Waals surface area contributed by atoms with Crippen molar-refractivity contribution in [2.24, 2.45) is 5.73 Å². The van der Waals surface area contributed by atoms with Crippen LogP contribution in [-0.2, 0) is 11.2 Å². The van der Waals surface area contributed by atoms with E-state index in [1.807, 2.05) is 6.07 Å². The van der Waals surface area contributed by atoms with Crippen LogP contribution in [0.25, 0.3) is 0 Å². The van der Waals surface area contributed by atoms with Gasteiger partial charge in [0.05, 0.1) is 12.5 Å². The molecule has 3 nitrogen and oxygen atoms in total. The summed E-state index contributed by atoms with van der Waals surface area (Å²) in [5.74, 6) is 3.40. The third-order valence-corrected chi connectivity index (χ3v) is 1.65. The minimum atomic E-state index is -0.749. The third-order valence-electron chi connectivity index (χ3n) is 1.65. The molecule has 1 rings (SSSR count). The highest BCUT2D eigenvalue weighted by atomic mass is 19.1. The van der Waals surface area contributed by atoms with Gasteiger partial charge in [0, 0.05) is 11.1 Å². The highest BCUT2D eigenvalue weighted by Crippen LogP contribution is 2.10. The van der Waals surface area contributed by atoms with Crippen molar-refractivity contribution in [3.8, 4) is 17.9 Å². The SMILES string of the molecule is N#CCc1cc(C#CC(N)=O)ccc1F. The summed E-state index contributed by atoms with van der Waals surface area (Å²) in [7, 11) is 0. The standard InChI is InChI=1S/C11H7FN2O/c12-10-3-1-8(2-4-11(14)15)7-9(10)5-6-13/h1,3,7H,5H2,(H2,14,15). The largest absolute Gasteiger partial charge is 0.359 e. The van der Waals surface area contributed by atoms with Crippen LogP contribution >= 0.6 is 0 Å². The Bertz CT molecular complexity index is 492. The Morgan fingerprint density at radius 1 is 1.53 bits per heavy atom. The summed E-state index contributed by atoms with van der Waals surface area (Å²) in [4.78, 5) is 10.4. The van der Waals surface area contributed by atoms with Crippen molar-refractivity contribution >= 4 is 5.91 Å². The molecule has 0 radical (unpaired) electrons. The molecule has 1 aromatic carbocycles. The Morgan fingerprint density at radius 3 is 2.87 bits per heavy atom. The van der Waals surface area contributed by atoms with Gasteiger partial charge in [-0.25, -0.2) is 4.39 Å². The second kappa shape index (κ2) is 4.78. The molecule has 15 heavy (non-hydrogen) atoms. The van der Waals surface area contributed by atoms with Gasteiger partial charge in [0.2, 0.25) is 0 Å². The smallest absolute Gasteiger partial charge is 0.293 e. The lowest BCUT2D eigenvalue weighted by atomic mass is 10.1. The highest BCUT2D eigenvalue weighted by Gasteiger charge is 2.01. The van der Waals surface area contributed by atoms with E-state index in [0.717, 1.165) is 0 Å². The Morgan fingerprint density at radius 2 is 2.27 bits per heavy atom. The van der Waals surface area contributed by atoms with Crippen LogP contribution in [0.5, 0.6) is 0 Å². The first-order chi connectivity index (χ1) is 7.13. The van der Waals surface area contributed by atoms with E-state index in [-0.39, 0.29) is 12.0 Å². The van der Waals surface area contributed by atoms with Crippen molar-refractivity contribution in [2.45, 2.75) is 6.42 Å². The Labute approximate surface area is 86.3 Å². The molecule has 0 fully saturated rings. The quantitative estimate of drug-likeness (QED) is 0.682. The molecular formula is C11H7FN2O. The predicted molar refractivity (Wildman–Crippen MR) is 51.8 cm³/mol. The summed E-state index contributed by atoms with van der Waals surface area (Å²) >= 11 is 0. The zero-order valence-electron chi connectivity index (χ0n) is 7.75. The Hall–Kier alpha value is -2.33. The maximum absolute atomic E-state index is 13.1. The van der Waals surface area contributed by atoms with Gasteiger partial charge in [0.15, 0.2) is 0 Å². The van der Waals surface area contributed by atoms with Gasteiger partial charge in [-0.3, -0.25) is 4.79 Å². The van der Waals surface area contributed by atoms with Crippen molar-refractivity contribution < 1.29 is 9.18 Å². The molecule has 1 aromatic rings. The summed E-state index contributed by atoms with van der Waals surface area (Å²) < 4.78 is 13.1. The number of primary amides is 1. The molecule has 0 atom stereocenters. The molecule has 4 heteroatoms. The number of benzene rings is 1. The first-order valence-electron chi connectivity index (χ1n) is 4.10. The van der Waals surface area contributed by atoms with Gasteiger partial charge in [0.1, 0.15) is 5.82 Å².